The molecule has 2 aromatic rings. The molecule has 0 aliphatic heterocycles. The second kappa shape index (κ2) is 12.9. The Labute approximate surface area is 180 Å². The summed E-state index contributed by atoms with van der Waals surface area (Å²) in [5.41, 5.74) is 2.23. The van der Waals surface area contributed by atoms with Crippen LogP contribution in [-0.2, 0) is 11.3 Å². The average Bonchev–Trinajstić information content (AvgIpc) is 3.06. The van der Waals surface area contributed by atoms with E-state index in [4.69, 9.17) is 4.74 Å². The molecule has 0 bridgehead atoms. The molecule has 27 heavy (non-hydrogen) atoms. The first kappa shape index (κ1) is 23.7. The van der Waals surface area contributed by atoms with Crippen molar-refractivity contribution in [1.82, 2.24) is 20.2 Å². The molecule has 1 aromatic heterocycles. The molecule has 7 heteroatoms. The third kappa shape index (κ3) is 7.65. The van der Waals surface area contributed by atoms with Crippen LogP contribution in [0.1, 0.15) is 33.6 Å². The summed E-state index contributed by atoms with van der Waals surface area (Å²) in [7, 11) is 1.81. The molecule has 1 atom stereocenters. The maximum atomic E-state index is 5.78. The minimum absolute atomic E-state index is 0. The molecule has 1 aromatic carbocycles. The van der Waals surface area contributed by atoms with Crippen molar-refractivity contribution >= 4 is 41.0 Å². The van der Waals surface area contributed by atoms with Gasteiger partial charge < -0.3 is 19.9 Å². The third-order valence-corrected chi connectivity index (χ3v) is 4.46. The molecule has 2 rings (SSSR count). The van der Waals surface area contributed by atoms with Crippen LogP contribution in [0.4, 0.5) is 0 Å². The molecule has 0 saturated heterocycles. The Morgan fingerprint density at radius 3 is 2.67 bits per heavy atom. The van der Waals surface area contributed by atoms with Crippen molar-refractivity contribution in [3.8, 4) is 0 Å². The number of aromatic nitrogens is 2. The standard InChI is InChI=1S/C20H33N5O.HI/c1-5-26-19(16(2)3)11-13-23-20(21-4)22-12-8-14-25-15-24-17-9-6-7-10-18(17)25;/h6-7,9-10,15-16,19H,5,8,11-14H2,1-4H3,(H2,21,22,23);1H. The highest BCUT2D eigenvalue weighted by atomic mass is 127. The van der Waals surface area contributed by atoms with E-state index in [0.29, 0.717) is 12.0 Å². The maximum Gasteiger partial charge on any atom is 0.190 e. The molecule has 0 spiro atoms. The van der Waals surface area contributed by atoms with Crippen LogP contribution >= 0.6 is 24.0 Å². The van der Waals surface area contributed by atoms with Crippen molar-refractivity contribution in [2.45, 2.75) is 46.3 Å². The van der Waals surface area contributed by atoms with Crippen molar-refractivity contribution in [3.05, 3.63) is 30.6 Å². The summed E-state index contributed by atoms with van der Waals surface area (Å²) in [6.07, 6.45) is 4.19. The number of imidazole rings is 1. The normalized spacial score (nSPS) is 12.9. The van der Waals surface area contributed by atoms with E-state index in [2.05, 4.69) is 51.2 Å². The summed E-state index contributed by atoms with van der Waals surface area (Å²) in [6.45, 7) is 9.87. The summed E-state index contributed by atoms with van der Waals surface area (Å²) >= 11 is 0. The summed E-state index contributed by atoms with van der Waals surface area (Å²) < 4.78 is 7.98. The fourth-order valence-electron chi connectivity index (χ4n) is 3.02. The van der Waals surface area contributed by atoms with Gasteiger partial charge in [-0.25, -0.2) is 4.98 Å². The third-order valence-electron chi connectivity index (χ3n) is 4.46. The minimum atomic E-state index is 0. The van der Waals surface area contributed by atoms with Crippen molar-refractivity contribution < 1.29 is 4.74 Å². The van der Waals surface area contributed by atoms with Crippen LogP contribution < -0.4 is 10.6 Å². The molecule has 0 fully saturated rings. The van der Waals surface area contributed by atoms with Gasteiger partial charge in [-0.3, -0.25) is 4.99 Å². The van der Waals surface area contributed by atoms with Crippen LogP contribution in [0.5, 0.6) is 0 Å². The molecule has 152 valence electrons. The maximum absolute atomic E-state index is 5.78. The number of guanidine groups is 1. The molecular weight excluding hydrogens is 453 g/mol. The van der Waals surface area contributed by atoms with E-state index in [1.54, 1.807) is 7.05 Å². The van der Waals surface area contributed by atoms with E-state index >= 15 is 0 Å². The monoisotopic (exact) mass is 487 g/mol. The van der Waals surface area contributed by atoms with Gasteiger partial charge in [-0.2, -0.15) is 0 Å². The van der Waals surface area contributed by atoms with E-state index in [9.17, 15) is 0 Å². The number of rotatable bonds is 10. The van der Waals surface area contributed by atoms with Gasteiger partial charge in [0.2, 0.25) is 0 Å². The fourth-order valence-corrected chi connectivity index (χ4v) is 3.02. The highest BCUT2D eigenvalue weighted by Crippen LogP contribution is 2.12. The van der Waals surface area contributed by atoms with E-state index in [-0.39, 0.29) is 24.0 Å². The van der Waals surface area contributed by atoms with Crippen LogP contribution in [0.2, 0.25) is 0 Å². The van der Waals surface area contributed by atoms with Gasteiger partial charge in [-0.15, -0.1) is 24.0 Å². The highest BCUT2D eigenvalue weighted by molar-refractivity contribution is 14.0. The first-order valence-corrected chi connectivity index (χ1v) is 9.61. The lowest BCUT2D eigenvalue weighted by molar-refractivity contribution is 0.0258. The molecular formula is C20H34IN5O. The van der Waals surface area contributed by atoms with Crippen LogP contribution in [-0.4, -0.2) is 48.4 Å². The second-order valence-electron chi connectivity index (χ2n) is 6.73. The number of fused-ring (bicyclic) bond motifs is 1. The number of benzene rings is 1. The molecule has 1 heterocycles. The molecule has 6 nitrogen and oxygen atoms in total. The SMILES string of the molecule is CCOC(CCNC(=NC)NCCCn1cnc2ccccc21)C(C)C.I. The minimum Gasteiger partial charge on any atom is -0.378 e. The predicted molar refractivity (Wildman–Crippen MR) is 124 cm³/mol. The Kier molecular flexibility index (Phi) is 11.3. The van der Waals surface area contributed by atoms with Gasteiger partial charge in [-0.1, -0.05) is 26.0 Å². The number of hydrogen-bond donors (Lipinski definition) is 2. The summed E-state index contributed by atoms with van der Waals surface area (Å²) in [6, 6.07) is 8.23. The zero-order chi connectivity index (χ0) is 18.8. The first-order valence-electron chi connectivity index (χ1n) is 9.61. The van der Waals surface area contributed by atoms with E-state index in [1.165, 1.54) is 5.52 Å². The van der Waals surface area contributed by atoms with Gasteiger partial charge in [-0.05, 0) is 37.8 Å². The summed E-state index contributed by atoms with van der Waals surface area (Å²) in [5.74, 6) is 1.37. The lowest BCUT2D eigenvalue weighted by atomic mass is 10.0. The van der Waals surface area contributed by atoms with Crippen LogP contribution in [0.15, 0.2) is 35.6 Å². The second-order valence-corrected chi connectivity index (χ2v) is 6.73. The smallest absolute Gasteiger partial charge is 0.190 e. The highest BCUT2D eigenvalue weighted by Gasteiger charge is 2.12. The largest absolute Gasteiger partial charge is 0.378 e. The molecule has 0 aliphatic rings. The Morgan fingerprint density at radius 1 is 1.22 bits per heavy atom. The van der Waals surface area contributed by atoms with E-state index < -0.39 is 0 Å². The Bertz CT molecular complexity index is 686. The topological polar surface area (TPSA) is 63.5 Å². The average molecular weight is 487 g/mol. The van der Waals surface area contributed by atoms with E-state index in [1.807, 2.05) is 25.4 Å². The lowest BCUT2D eigenvalue weighted by Crippen LogP contribution is -2.39. The Balaban J connectivity index is 0.00000364. The molecule has 1 unspecified atom stereocenters. The number of para-hydroxylation sites is 2. The molecule has 2 N–H and O–H groups in total. The van der Waals surface area contributed by atoms with Gasteiger partial charge in [0.15, 0.2) is 5.96 Å². The fraction of sp³-hybridized carbons (Fsp3) is 0.600. The Hall–Kier alpha value is -1.35. The van der Waals surface area contributed by atoms with Crippen molar-refractivity contribution in [2.24, 2.45) is 10.9 Å². The molecule has 0 amide bonds. The predicted octanol–water partition coefficient (Wildman–Crippen LogP) is 3.66. The van der Waals surface area contributed by atoms with Crippen LogP contribution in [0.25, 0.3) is 11.0 Å². The zero-order valence-corrected chi connectivity index (χ0v) is 19.3. The number of halogens is 1. The number of aliphatic imine (C=N–C) groups is 1. The lowest BCUT2D eigenvalue weighted by Gasteiger charge is -2.21. The summed E-state index contributed by atoms with van der Waals surface area (Å²) in [5, 5.41) is 6.76. The van der Waals surface area contributed by atoms with Gasteiger partial charge in [0.05, 0.1) is 23.5 Å². The summed E-state index contributed by atoms with van der Waals surface area (Å²) in [4.78, 5) is 8.72. The van der Waals surface area contributed by atoms with E-state index in [0.717, 1.165) is 50.6 Å². The number of nitrogens with one attached hydrogen (secondary N) is 2. The zero-order valence-electron chi connectivity index (χ0n) is 16.9. The first-order chi connectivity index (χ1) is 12.7. The Morgan fingerprint density at radius 2 is 1.96 bits per heavy atom. The van der Waals surface area contributed by atoms with Gasteiger partial charge >= 0.3 is 0 Å². The molecule has 0 radical (unpaired) electrons. The molecule has 0 saturated carbocycles. The van der Waals surface area contributed by atoms with Crippen molar-refractivity contribution in [3.63, 3.8) is 0 Å². The number of aryl methyl sites for hydroxylation is 1. The van der Waals surface area contributed by atoms with Crippen molar-refractivity contribution in [2.75, 3.05) is 26.7 Å². The molecule has 0 aliphatic carbocycles. The van der Waals surface area contributed by atoms with Crippen LogP contribution in [0.3, 0.4) is 0 Å². The van der Waals surface area contributed by atoms with Gasteiger partial charge in [0, 0.05) is 33.3 Å². The van der Waals surface area contributed by atoms with Gasteiger partial charge in [0.25, 0.3) is 0 Å². The van der Waals surface area contributed by atoms with Gasteiger partial charge in [0.1, 0.15) is 0 Å². The van der Waals surface area contributed by atoms with Crippen molar-refractivity contribution in [1.29, 1.82) is 0 Å². The number of nitrogens with zero attached hydrogens (tertiary/aromatic N) is 3. The quantitative estimate of drug-likeness (QED) is 0.233. The number of ether oxygens (including phenoxy) is 1. The number of hydrogen-bond acceptors (Lipinski definition) is 3. The van der Waals surface area contributed by atoms with Crippen LogP contribution in [0, 0.1) is 5.92 Å².